The summed E-state index contributed by atoms with van der Waals surface area (Å²) in [7, 11) is 0. The SMILES string of the molecule is CCN(C(=O)COC(=O)C1CCCN(C(=O)c2ccc(F)cc2)C1)c1cccc2ccccc12. The van der Waals surface area contributed by atoms with Gasteiger partial charge in [0.05, 0.1) is 11.6 Å². The van der Waals surface area contributed by atoms with Crippen LogP contribution >= 0.6 is 0 Å². The first-order valence-corrected chi connectivity index (χ1v) is 11.5. The van der Waals surface area contributed by atoms with Crippen molar-refractivity contribution < 1.29 is 23.5 Å². The van der Waals surface area contributed by atoms with Crippen molar-refractivity contribution in [1.82, 2.24) is 4.90 Å². The Bertz CT molecular complexity index is 1190. The lowest BCUT2D eigenvalue weighted by molar-refractivity contribution is -0.153. The molecule has 176 valence electrons. The van der Waals surface area contributed by atoms with Crippen LogP contribution in [0.1, 0.15) is 30.1 Å². The summed E-state index contributed by atoms with van der Waals surface area (Å²) in [5.41, 5.74) is 1.15. The van der Waals surface area contributed by atoms with Crippen molar-refractivity contribution >= 4 is 34.2 Å². The molecule has 3 aromatic carbocycles. The van der Waals surface area contributed by atoms with Gasteiger partial charge in [-0.3, -0.25) is 14.4 Å². The second-order valence-electron chi connectivity index (χ2n) is 8.34. The van der Waals surface area contributed by atoms with Gasteiger partial charge in [0.1, 0.15) is 5.82 Å². The second kappa shape index (κ2) is 10.5. The van der Waals surface area contributed by atoms with Crippen molar-refractivity contribution in [2.75, 3.05) is 31.1 Å². The molecule has 1 fully saturated rings. The summed E-state index contributed by atoms with van der Waals surface area (Å²) in [5, 5.41) is 1.98. The van der Waals surface area contributed by atoms with E-state index in [1.165, 1.54) is 24.3 Å². The van der Waals surface area contributed by atoms with Crippen LogP contribution in [0.2, 0.25) is 0 Å². The number of ether oxygens (including phenoxy) is 1. The summed E-state index contributed by atoms with van der Waals surface area (Å²) in [4.78, 5) is 41.6. The van der Waals surface area contributed by atoms with Crippen LogP contribution in [0.5, 0.6) is 0 Å². The molecule has 0 N–H and O–H groups in total. The first-order chi connectivity index (χ1) is 16.5. The maximum absolute atomic E-state index is 13.2. The van der Waals surface area contributed by atoms with Gasteiger partial charge in [0.2, 0.25) is 0 Å². The van der Waals surface area contributed by atoms with E-state index in [2.05, 4.69) is 0 Å². The van der Waals surface area contributed by atoms with Gasteiger partial charge >= 0.3 is 5.97 Å². The van der Waals surface area contributed by atoms with Crippen molar-refractivity contribution in [1.29, 1.82) is 0 Å². The largest absolute Gasteiger partial charge is 0.455 e. The molecular weight excluding hydrogens is 435 g/mol. The quantitative estimate of drug-likeness (QED) is 0.509. The number of rotatable bonds is 6. The number of carbonyl (C=O) groups excluding carboxylic acids is 3. The molecule has 0 bridgehead atoms. The van der Waals surface area contributed by atoms with Crippen LogP contribution in [-0.2, 0) is 14.3 Å². The van der Waals surface area contributed by atoms with Gasteiger partial charge in [0.25, 0.3) is 11.8 Å². The summed E-state index contributed by atoms with van der Waals surface area (Å²) in [5.74, 6) is -1.95. The number of esters is 1. The number of hydrogen-bond acceptors (Lipinski definition) is 4. The van der Waals surface area contributed by atoms with Crippen LogP contribution in [0.4, 0.5) is 10.1 Å². The third-order valence-corrected chi connectivity index (χ3v) is 6.15. The summed E-state index contributed by atoms with van der Waals surface area (Å²) < 4.78 is 18.6. The molecule has 0 saturated carbocycles. The van der Waals surface area contributed by atoms with E-state index in [9.17, 15) is 18.8 Å². The van der Waals surface area contributed by atoms with E-state index in [1.54, 1.807) is 9.80 Å². The average Bonchev–Trinajstić information content (AvgIpc) is 2.88. The van der Waals surface area contributed by atoms with Crippen LogP contribution < -0.4 is 4.90 Å². The number of hydrogen-bond donors (Lipinski definition) is 0. The Morgan fingerprint density at radius 3 is 2.53 bits per heavy atom. The van der Waals surface area contributed by atoms with Crippen LogP contribution in [0, 0.1) is 11.7 Å². The molecule has 0 aliphatic carbocycles. The molecule has 1 atom stereocenters. The van der Waals surface area contributed by atoms with Gasteiger partial charge in [0.15, 0.2) is 6.61 Å². The maximum atomic E-state index is 13.2. The van der Waals surface area contributed by atoms with Crippen molar-refractivity contribution in [2.45, 2.75) is 19.8 Å². The number of likely N-dealkylation sites (N-methyl/N-ethyl adjacent to an activating group) is 1. The minimum atomic E-state index is -0.501. The van der Waals surface area contributed by atoms with Crippen molar-refractivity contribution in [2.24, 2.45) is 5.92 Å². The number of carbonyl (C=O) groups is 3. The first-order valence-electron chi connectivity index (χ1n) is 11.5. The fourth-order valence-corrected chi connectivity index (χ4v) is 4.38. The van der Waals surface area contributed by atoms with E-state index in [0.29, 0.717) is 31.5 Å². The lowest BCUT2D eigenvalue weighted by atomic mass is 9.97. The highest BCUT2D eigenvalue weighted by molar-refractivity contribution is 6.04. The molecule has 34 heavy (non-hydrogen) atoms. The molecule has 7 heteroatoms. The molecule has 2 amide bonds. The van der Waals surface area contributed by atoms with Gasteiger partial charge in [0, 0.05) is 30.6 Å². The van der Waals surface area contributed by atoms with E-state index in [-0.39, 0.29) is 25.0 Å². The lowest BCUT2D eigenvalue weighted by Gasteiger charge is -2.31. The number of benzene rings is 3. The van der Waals surface area contributed by atoms with Gasteiger partial charge in [-0.1, -0.05) is 36.4 Å². The first kappa shape index (κ1) is 23.4. The summed E-state index contributed by atoms with van der Waals surface area (Å²) in [6.45, 7) is 2.68. The average molecular weight is 463 g/mol. The molecule has 0 aromatic heterocycles. The number of piperidine rings is 1. The Kier molecular flexibility index (Phi) is 7.21. The second-order valence-corrected chi connectivity index (χ2v) is 8.34. The number of fused-ring (bicyclic) bond motifs is 1. The Morgan fingerprint density at radius 1 is 1.03 bits per heavy atom. The molecule has 0 radical (unpaired) electrons. The summed E-state index contributed by atoms with van der Waals surface area (Å²) in [6.07, 6.45) is 1.23. The molecule has 6 nitrogen and oxygen atoms in total. The van der Waals surface area contributed by atoms with Crippen LogP contribution in [-0.4, -0.2) is 48.9 Å². The number of anilines is 1. The molecule has 3 aromatic rings. The minimum Gasteiger partial charge on any atom is -0.455 e. The highest BCUT2D eigenvalue weighted by Crippen LogP contribution is 2.27. The number of halogens is 1. The highest BCUT2D eigenvalue weighted by Gasteiger charge is 2.30. The number of nitrogens with zero attached hydrogens (tertiary/aromatic N) is 2. The molecule has 0 spiro atoms. The van der Waals surface area contributed by atoms with E-state index >= 15 is 0 Å². The highest BCUT2D eigenvalue weighted by atomic mass is 19.1. The topological polar surface area (TPSA) is 66.9 Å². The zero-order valence-electron chi connectivity index (χ0n) is 19.1. The zero-order chi connectivity index (χ0) is 24.1. The molecule has 1 aliphatic heterocycles. The molecule has 1 saturated heterocycles. The van der Waals surface area contributed by atoms with Gasteiger partial charge in [-0.25, -0.2) is 4.39 Å². The molecule has 1 heterocycles. The Morgan fingerprint density at radius 2 is 1.76 bits per heavy atom. The smallest absolute Gasteiger partial charge is 0.311 e. The van der Waals surface area contributed by atoms with E-state index in [0.717, 1.165) is 16.5 Å². The third kappa shape index (κ3) is 5.09. The fraction of sp³-hybridized carbons (Fsp3) is 0.296. The van der Waals surface area contributed by atoms with Crippen molar-refractivity contribution in [3.8, 4) is 0 Å². The molecule has 4 rings (SSSR count). The lowest BCUT2D eigenvalue weighted by Crippen LogP contribution is -2.43. The summed E-state index contributed by atoms with van der Waals surface area (Å²) >= 11 is 0. The molecule has 1 aliphatic rings. The summed E-state index contributed by atoms with van der Waals surface area (Å²) in [6, 6.07) is 18.9. The molecular formula is C27H27FN2O4. The normalized spacial score (nSPS) is 15.7. The predicted molar refractivity (Wildman–Crippen MR) is 128 cm³/mol. The van der Waals surface area contributed by atoms with Crippen LogP contribution in [0.15, 0.2) is 66.7 Å². The van der Waals surface area contributed by atoms with Crippen molar-refractivity contribution in [3.05, 3.63) is 78.1 Å². The Balaban J connectivity index is 1.38. The Labute approximate surface area is 197 Å². The van der Waals surface area contributed by atoms with Gasteiger partial charge in [-0.2, -0.15) is 0 Å². The van der Waals surface area contributed by atoms with Gasteiger partial charge < -0.3 is 14.5 Å². The predicted octanol–water partition coefficient (Wildman–Crippen LogP) is 4.43. The van der Waals surface area contributed by atoms with Gasteiger partial charge in [-0.05, 0) is 55.5 Å². The molecule has 1 unspecified atom stereocenters. The third-order valence-electron chi connectivity index (χ3n) is 6.15. The fourth-order valence-electron chi connectivity index (χ4n) is 4.38. The van der Waals surface area contributed by atoms with E-state index in [1.807, 2.05) is 49.4 Å². The van der Waals surface area contributed by atoms with Crippen LogP contribution in [0.3, 0.4) is 0 Å². The van der Waals surface area contributed by atoms with E-state index < -0.39 is 17.7 Å². The number of likely N-dealkylation sites (tertiary alicyclic amines) is 1. The van der Waals surface area contributed by atoms with Crippen molar-refractivity contribution in [3.63, 3.8) is 0 Å². The number of amides is 2. The van der Waals surface area contributed by atoms with E-state index in [4.69, 9.17) is 4.74 Å². The monoisotopic (exact) mass is 462 g/mol. The zero-order valence-corrected chi connectivity index (χ0v) is 19.1. The maximum Gasteiger partial charge on any atom is 0.311 e. The van der Waals surface area contributed by atoms with Gasteiger partial charge in [-0.15, -0.1) is 0 Å². The standard InChI is InChI=1S/C27H27FN2O4/c1-2-30(24-11-5-8-19-7-3-4-10-23(19)24)25(31)18-34-27(33)21-9-6-16-29(17-21)26(32)20-12-14-22(28)15-13-20/h3-5,7-8,10-15,21H,2,6,9,16-18H2,1H3. The Hall–Kier alpha value is -3.74. The minimum absolute atomic E-state index is 0.212. The van der Waals surface area contributed by atoms with Crippen LogP contribution in [0.25, 0.3) is 10.8 Å².